The normalized spacial score (nSPS) is 14.0. The second-order valence-electron chi connectivity index (χ2n) is 2.41. The monoisotopic (exact) mass is 201 g/mol. The lowest BCUT2D eigenvalue weighted by atomic mass is 10.3. The molecular weight excluding hydrogens is 190 g/mol. The van der Waals surface area contributed by atoms with Gasteiger partial charge in [-0.3, -0.25) is 4.79 Å². The maximum atomic E-state index is 12.4. The minimum Gasteiger partial charge on any atom is -0.340 e. The molecule has 1 amide bonds. The summed E-state index contributed by atoms with van der Waals surface area (Å²) in [5, 5.41) is 0. The SMILES string of the molecule is CCN(CC)C(=O)[C@H](F)C(F)(F)F. The lowest BCUT2D eigenvalue weighted by Crippen LogP contribution is -2.43. The van der Waals surface area contributed by atoms with Gasteiger partial charge in [-0.15, -0.1) is 0 Å². The lowest BCUT2D eigenvalue weighted by molar-refractivity contribution is -0.192. The Bertz CT molecular complexity index is 176. The number of carbonyl (C=O) groups excluding carboxylic acids is 1. The molecule has 0 aliphatic rings. The number of hydrogen-bond donors (Lipinski definition) is 0. The largest absolute Gasteiger partial charge is 0.428 e. The Labute approximate surface area is 73.5 Å². The second kappa shape index (κ2) is 4.43. The molecule has 0 fully saturated rings. The van der Waals surface area contributed by atoms with Crippen molar-refractivity contribution in [3.63, 3.8) is 0 Å². The van der Waals surface area contributed by atoms with Crippen LogP contribution in [0.3, 0.4) is 0 Å². The number of amides is 1. The second-order valence-corrected chi connectivity index (χ2v) is 2.41. The molecule has 0 aliphatic carbocycles. The number of rotatable bonds is 3. The van der Waals surface area contributed by atoms with Crippen LogP contribution in [0.2, 0.25) is 0 Å². The fraction of sp³-hybridized carbons (Fsp3) is 0.857. The van der Waals surface area contributed by atoms with E-state index < -0.39 is 18.3 Å². The molecule has 0 aromatic heterocycles. The van der Waals surface area contributed by atoms with E-state index in [0.29, 0.717) is 0 Å². The molecule has 0 spiro atoms. The summed E-state index contributed by atoms with van der Waals surface area (Å²) in [6.45, 7) is 3.13. The summed E-state index contributed by atoms with van der Waals surface area (Å²) in [6.07, 6.45) is -8.49. The van der Waals surface area contributed by atoms with Crippen molar-refractivity contribution in [3.05, 3.63) is 0 Å². The highest BCUT2D eigenvalue weighted by Crippen LogP contribution is 2.24. The molecule has 2 nitrogen and oxygen atoms in total. The summed E-state index contributed by atoms with van der Waals surface area (Å²) in [7, 11) is 0. The van der Waals surface area contributed by atoms with Crippen molar-refractivity contribution in [2.75, 3.05) is 13.1 Å². The molecule has 1 atom stereocenters. The van der Waals surface area contributed by atoms with Crippen molar-refractivity contribution in [1.29, 1.82) is 0 Å². The van der Waals surface area contributed by atoms with E-state index in [4.69, 9.17) is 0 Å². The molecule has 0 heterocycles. The van der Waals surface area contributed by atoms with E-state index in [2.05, 4.69) is 0 Å². The van der Waals surface area contributed by atoms with E-state index in [1.165, 1.54) is 13.8 Å². The van der Waals surface area contributed by atoms with Crippen molar-refractivity contribution in [1.82, 2.24) is 4.90 Å². The predicted molar refractivity (Wildman–Crippen MR) is 38.9 cm³/mol. The van der Waals surface area contributed by atoms with Gasteiger partial charge in [-0.1, -0.05) is 0 Å². The van der Waals surface area contributed by atoms with E-state index in [0.717, 1.165) is 4.90 Å². The smallest absolute Gasteiger partial charge is 0.340 e. The van der Waals surface area contributed by atoms with Gasteiger partial charge in [-0.05, 0) is 13.8 Å². The first-order chi connectivity index (χ1) is 5.84. The quantitative estimate of drug-likeness (QED) is 0.637. The van der Waals surface area contributed by atoms with E-state index in [1.54, 1.807) is 0 Å². The molecule has 13 heavy (non-hydrogen) atoms. The van der Waals surface area contributed by atoms with Crippen molar-refractivity contribution >= 4 is 5.91 Å². The number of halogens is 4. The van der Waals surface area contributed by atoms with Crippen LogP contribution < -0.4 is 0 Å². The molecule has 0 radical (unpaired) electrons. The molecule has 6 heteroatoms. The summed E-state index contributed by atoms with van der Waals surface area (Å²) < 4.78 is 47.5. The molecule has 0 aliphatic heterocycles. The van der Waals surface area contributed by atoms with Gasteiger partial charge in [-0.25, -0.2) is 4.39 Å². The molecule has 0 saturated heterocycles. The Kier molecular flexibility index (Phi) is 4.16. The van der Waals surface area contributed by atoms with Crippen LogP contribution in [0.15, 0.2) is 0 Å². The van der Waals surface area contributed by atoms with Gasteiger partial charge in [0.25, 0.3) is 12.1 Å². The average molecular weight is 201 g/mol. The first-order valence-corrected chi connectivity index (χ1v) is 3.84. The van der Waals surface area contributed by atoms with Crippen molar-refractivity contribution < 1.29 is 22.4 Å². The molecular formula is C7H11F4NO. The van der Waals surface area contributed by atoms with Crippen LogP contribution in [0.4, 0.5) is 17.6 Å². The fourth-order valence-corrected chi connectivity index (χ4v) is 0.836. The zero-order chi connectivity index (χ0) is 10.6. The summed E-state index contributed by atoms with van der Waals surface area (Å²) in [5.74, 6) is -1.52. The maximum Gasteiger partial charge on any atom is 0.428 e. The third-order valence-corrected chi connectivity index (χ3v) is 1.58. The van der Waals surface area contributed by atoms with Crippen LogP contribution in [0.25, 0.3) is 0 Å². The Morgan fingerprint density at radius 1 is 1.31 bits per heavy atom. The molecule has 0 unspecified atom stereocenters. The molecule has 0 bridgehead atoms. The van der Waals surface area contributed by atoms with E-state index in [1.807, 2.05) is 0 Å². The van der Waals surface area contributed by atoms with Crippen LogP contribution in [0.1, 0.15) is 13.8 Å². The van der Waals surface area contributed by atoms with Crippen molar-refractivity contribution in [2.45, 2.75) is 26.2 Å². The van der Waals surface area contributed by atoms with Crippen LogP contribution in [-0.4, -0.2) is 36.2 Å². The van der Waals surface area contributed by atoms with Gasteiger partial charge in [0.1, 0.15) is 0 Å². The highest BCUT2D eigenvalue weighted by Gasteiger charge is 2.46. The first-order valence-electron chi connectivity index (χ1n) is 3.84. The summed E-state index contributed by atoms with van der Waals surface area (Å²) in [6, 6.07) is 0. The molecule has 0 aromatic rings. The third kappa shape index (κ3) is 3.20. The number of nitrogens with zero attached hydrogens (tertiary/aromatic N) is 1. The van der Waals surface area contributed by atoms with Crippen LogP contribution in [0, 0.1) is 0 Å². The van der Waals surface area contributed by atoms with E-state index in [9.17, 15) is 22.4 Å². The van der Waals surface area contributed by atoms with Gasteiger partial charge in [0.05, 0.1) is 0 Å². The minimum atomic E-state index is -5.10. The van der Waals surface area contributed by atoms with Gasteiger partial charge in [0, 0.05) is 13.1 Å². The Morgan fingerprint density at radius 3 is 1.92 bits per heavy atom. The maximum absolute atomic E-state index is 12.4. The topological polar surface area (TPSA) is 20.3 Å². The van der Waals surface area contributed by atoms with Gasteiger partial charge < -0.3 is 4.90 Å². The van der Waals surface area contributed by atoms with E-state index >= 15 is 0 Å². The molecule has 0 rings (SSSR count). The van der Waals surface area contributed by atoms with Gasteiger partial charge in [0.15, 0.2) is 0 Å². The molecule has 0 saturated carbocycles. The highest BCUT2D eigenvalue weighted by molar-refractivity contribution is 5.81. The van der Waals surface area contributed by atoms with Gasteiger partial charge in [-0.2, -0.15) is 13.2 Å². The van der Waals surface area contributed by atoms with E-state index in [-0.39, 0.29) is 13.1 Å². The third-order valence-electron chi connectivity index (χ3n) is 1.58. The Hall–Kier alpha value is -0.810. The Balaban J connectivity index is 4.41. The zero-order valence-electron chi connectivity index (χ0n) is 7.36. The van der Waals surface area contributed by atoms with Gasteiger partial charge >= 0.3 is 6.18 Å². The predicted octanol–water partition coefficient (Wildman–Crippen LogP) is 1.76. The summed E-state index contributed by atoms with van der Waals surface area (Å²) in [5.41, 5.74) is 0. The van der Waals surface area contributed by atoms with Gasteiger partial charge in [0.2, 0.25) is 0 Å². The summed E-state index contributed by atoms with van der Waals surface area (Å²) in [4.78, 5) is 11.6. The van der Waals surface area contributed by atoms with Crippen LogP contribution in [-0.2, 0) is 4.79 Å². The molecule has 78 valence electrons. The standard InChI is InChI=1S/C7H11F4NO/c1-3-12(4-2)6(13)5(8)7(9,10)11/h5H,3-4H2,1-2H3/t5-/m0/s1. The Morgan fingerprint density at radius 2 is 1.69 bits per heavy atom. The number of hydrogen-bond acceptors (Lipinski definition) is 1. The fourth-order valence-electron chi connectivity index (χ4n) is 0.836. The molecule has 0 aromatic carbocycles. The minimum absolute atomic E-state index is 0.0752. The highest BCUT2D eigenvalue weighted by atomic mass is 19.4. The first kappa shape index (κ1) is 12.2. The number of carbonyl (C=O) groups is 1. The lowest BCUT2D eigenvalue weighted by Gasteiger charge is -2.21. The summed E-state index contributed by atoms with van der Waals surface area (Å²) >= 11 is 0. The van der Waals surface area contributed by atoms with Crippen LogP contribution in [0.5, 0.6) is 0 Å². The van der Waals surface area contributed by atoms with Crippen LogP contribution >= 0.6 is 0 Å². The van der Waals surface area contributed by atoms with Crippen molar-refractivity contribution in [3.8, 4) is 0 Å². The van der Waals surface area contributed by atoms with Crippen molar-refractivity contribution in [2.24, 2.45) is 0 Å². The number of alkyl halides is 4. The average Bonchev–Trinajstić information content (AvgIpc) is 2.03. The molecule has 0 N–H and O–H groups in total. The zero-order valence-corrected chi connectivity index (χ0v) is 7.36.